The van der Waals surface area contributed by atoms with Gasteiger partial charge < -0.3 is 4.90 Å². The fourth-order valence-corrected chi connectivity index (χ4v) is 3.17. The average molecular weight is 276 g/mol. The Balaban J connectivity index is 1.65. The Morgan fingerprint density at radius 1 is 1.58 bits per heavy atom. The van der Waals surface area contributed by atoms with Gasteiger partial charge in [0, 0.05) is 49.4 Å². The summed E-state index contributed by atoms with van der Waals surface area (Å²) in [6.07, 6.45) is 5.25. The predicted molar refractivity (Wildman–Crippen MR) is 72.6 cm³/mol. The molecule has 6 heteroatoms. The lowest BCUT2D eigenvalue weighted by molar-refractivity contribution is -0.135. The molecule has 0 aromatic carbocycles. The third-order valence-electron chi connectivity index (χ3n) is 3.53. The Kier molecular flexibility index (Phi) is 3.33. The molecule has 2 aromatic heterocycles. The number of hydrogen-bond donors (Lipinski definition) is 0. The zero-order valence-electron chi connectivity index (χ0n) is 10.8. The number of carbonyl (C=O) groups is 1. The molecule has 1 amide bonds. The maximum Gasteiger partial charge on any atom is 0.226 e. The van der Waals surface area contributed by atoms with Gasteiger partial charge in [0.1, 0.15) is 5.01 Å². The van der Waals surface area contributed by atoms with E-state index in [0.29, 0.717) is 6.54 Å². The number of amides is 1. The highest BCUT2D eigenvalue weighted by atomic mass is 32.1. The van der Waals surface area contributed by atoms with Crippen LogP contribution in [0.25, 0.3) is 0 Å². The van der Waals surface area contributed by atoms with E-state index in [1.165, 1.54) is 0 Å². The molecule has 100 valence electrons. The second-order valence-corrected chi connectivity index (χ2v) is 5.83. The molecule has 1 unspecified atom stereocenters. The average Bonchev–Trinajstić information content (AvgIpc) is 3.07. The van der Waals surface area contributed by atoms with Gasteiger partial charge in [-0.05, 0) is 12.5 Å². The van der Waals surface area contributed by atoms with E-state index < -0.39 is 0 Å². The second kappa shape index (κ2) is 5.13. The normalized spacial score (nSPS) is 18.1. The predicted octanol–water partition coefficient (Wildman–Crippen LogP) is 1.56. The van der Waals surface area contributed by atoms with E-state index in [-0.39, 0.29) is 11.8 Å². The van der Waals surface area contributed by atoms with Crippen molar-refractivity contribution in [1.29, 1.82) is 0 Å². The largest absolute Gasteiger partial charge is 0.339 e. The highest BCUT2D eigenvalue weighted by Gasteiger charge is 2.27. The molecule has 0 fully saturated rings. The van der Waals surface area contributed by atoms with Crippen molar-refractivity contribution in [1.82, 2.24) is 19.7 Å². The minimum Gasteiger partial charge on any atom is -0.339 e. The first-order valence-electron chi connectivity index (χ1n) is 6.38. The van der Waals surface area contributed by atoms with Crippen LogP contribution in [0.5, 0.6) is 0 Å². The number of carbonyl (C=O) groups excluding carboxylic acids is 1. The van der Waals surface area contributed by atoms with E-state index in [1.54, 1.807) is 22.4 Å². The Bertz CT molecular complexity index is 563. The molecule has 0 spiro atoms. The maximum atomic E-state index is 12.4. The quantitative estimate of drug-likeness (QED) is 0.855. The molecule has 0 bridgehead atoms. The van der Waals surface area contributed by atoms with E-state index >= 15 is 0 Å². The fraction of sp³-hybridized carbons (Fsp3) is 0.462. The van der Waals surface area contributed by atoms with Gasteiger partial charge in [0.25, 0.3) is 0 Å². The van der Waals surface area contributed by atoms with Gasteiger partial charge in [0.05, 0.1) is 6.54 Å². The molecule has 0 aliphatic carbocycles. The van der Waals surface area contributed by atoms with Crippen molar-refractivity contribution in [3.05, 3.63) is 34.5 Å². The van der Waals surface area contributed by atoms with Gasteiger partial charge >= 0.3 is 0 Å². The number of thiazole rings is 1. The minimum absolute atomic E-state index is 0.0779. The summed E-state index contributed by atoms with van der Waals surface area (Å²) in [5.74, 6) is 0.289. The summed E-state index contributed by atoms with van der Waals surface area (Å²) in [6, 6.07) is 2.00. The second-order valence-electron chi connectivity index (χ2n) is 4.86. The Morgan fingerprint density at radius 3 is 3.26 bits per heavy atom. The molecule has 3 rings (SSSR count). The molecule has 1 aliphatic rings. The van der Waals surface area contributed by atoms with Crippen LogP contribution in [0.4, 0.5) is 0 Å². The summed E-state index contributed by atoms with van der Waals surface area (Å²) < 4.78 is 1.99. The zero-order chi connectivity index (χ0) is 13.2. The van der Waals surface area contributed by atoms with Crippen LogP contribution < -0.4 is 0 Å². The van der Waals surface area contributed by atoms with Gasteiger partial charge in [-0.1, -0.05) is 0 Å². The fourth-order valence-electron chi connectivity index (χ4n) is 2.50. The molecule has 0 radical (unpaired) electrons. The van der Waals surface area contributed by atoms with Crippen molar-refractivity contribution in [2.75, 3.05) is 7.05 Å². The van der Waals surface area contributed by atoms with Crippen LogP contribution in [0.1, 0.15) is 17.1 Å². The summed E-state index contributed by atoms with van der Waals surface area (Å²) >= 11 is 1.59. The highest BCUT2D eigenvalue weighted by Crippen LogP contribution is 2.22. The van der Waals surface area contributed by atoms with Crippen molar-refractivity contribution in [2.24, 2.45) is 5.92 Å². The lowest BCUT2D eigenvalue weighted by Gasteiger charge is -2.26. The highest BCUT2D eigenvalue weighted by molar-refractivity contribution is 7.09. The number of aryl methyl sites for hydroxylation is 1. The van der Waals surface area contributed by atoms with Crippen molar-refractivity contribution in [3.63, 3.8) is 0 Å². The number of hydrogen-bond acceptors (Lipinski definition) is 4. The third-order valence-corrected chi connectivity index (χ3v) is 4.30. The number of nitrogens with zero attached hydrogens (tertiary/aromatic N) is 4. The van der Waals surface area contributed by atoms with E-state index in [4.69, 9.17) is 0 Å². The number of rotatable bonds is 3. The molecule has 0 saturated carbocycles. The van der Waals surface area contributed by atoms with Crippen LogP contribution in [0.3, 0.4) is 0 Å². The summed E-state index contributed by atoms with van der Waals surface area (Å²) in [5.41, 5.74) is 1.16. The molecule has 1 atom stereocenters. The molecular weight excluding hydrogens is 260 g/mol. The first kappa shape index (κ1) is 12.3. The first-order chi connectivity index (χ1) is 9.24. The number of aromatic nitrogens is 3. The van der Waals surface area contributed by atoms with Crippen molar-refractivity contribution in [3.8, 4) is 0 Å². The molecule has 3 heterocycles. The summed E-state index contributed by atoms with van der Waals surface area (Å²) in [7, 11) is 1.86. The van der Waals surface area contributed by atoms with Gasteiger partial charge in [0.2, 0.25) is 5.91 Å². The zero-order valence-corrected chi connectivity index (χ0v) is 11.6. The van der Waals surface area contributed by atoms with Gasteiger partial charge in [-0.25, -0.2) is 4.98 Å². The first-order valence-corrected chi connectivity index (χ1v) is 7.26. The van der Waals surface area contributed by atoms with E-state index in [1.807, 2.05) is 29.4 Å². The van der Waals surface area contributed by atoms with Gasteiger partial charge in [-0.3, -0.25) is 9.48 Å². The van der Waals surface area contributed by atoms with Crippen molar-refractivity contribution >= 4 is 17.2 Å². The van der Waals surface area contributed by atoms with E-state index in [2.05, 4.69) is 10.1 Å². The van der Waals surface area contributed by atoms with Crippen LogP contribution >= 0.6 is 11.3 Å². The molecule has 0 saturated heterocycles. The smallest absolute Gasteiger partial charge is 0.226 e. The van der Waals surface area contributed by atoms with Crippen LogP contribution in [-0.4, -0.2) is 32.6 Å². The van der Waals surface area contributed by atoms with Crippen LogP contribution in [0.15, 0.2) is 23.8 Å². The summed E-state index contributed by atoms with van der Waals surface area (Å²) in [6.45, 7) is 1.44. The lowest BCUT2D eigenvalue weighted by Crippen LogP contribution is -2.36. The molecule has 2 aromatic rings. The van der Waals surface area contributed by atoms with E-state index in [0.717, 1.165) is 30.1 Å². The Morgan fingerprint density at radius 2 is 2.47 bits per heavy atom. The van der Waals surface area contributed by atoms with E-state index in [9.17, 15) is 4.79 Å². The molecule has 5 nitrogen and oxygen atoms in total. The molecule has 0 N–H and O–H groups in total. The maximum absolute atomic E-state index is 12.4. The number of fused-ring (bicyclic) bond motifs is 1. The molecule has 19 heavy (non-hydrogen) atoms. The monoisotopic (exact) mass is 276 g/mol. The molecule has 1 aliphatic heterocycles. The van der Waals surface area contributed by atoms with Crippen molar-refractivity contribution in [2.45, 2.75) is 25.9 Å². The SMILES string of the molecule is CN(Cc1nccs1)C(=O)C1CCn2nccc2C1. The minimum atomic E-state index is 0.0779. The third kappa shape index (κ3) is 2.53. The summed E-state index contributed by atoms with van der Waals surface area (Å²) in [5, 5.41) is 7.16. The Hall–Kier alpha value is -1.69. The topological polar surface area (TPSA) is 51.0 Å². The van der Waals surface area contributed by atoms with Crippen LogP contribution in [-0.2, 0) is 24.3 Å². The lowest BCUT2D eigenvalue weighted by atomic mass is 9.95. The standard InChI is InChI=1S/C13H16N4OS/c1-16(9-12-14-5-7-19-12)13(18)10-3-6-17-11(8-10)2-4-15-17/h2,4-5,7,10H,3,6,8-9H2,1H3. The van der Waals surface area contributed by atoms with Crippen molar-refractivity contribution < 1.29 is 4.79 Å². The summed E-state index contributed by atoms with van der Waals surface area (Å²) in [4.78, 5) is 18.4. The van der Waals surface area contributed by atoms with Crippen LogP contribution in [0, 0.1) is 5.92 Å². The van der Waals surface area contributed by atoms with Gasteiger partial charge in [0.15, 0.2) is 0 Å². The van der Waals surface area contributed by atoms with Gasteiger partial charge in [-0.2, -0.15) is 5.10 Å². The van der Waals surface area contributed by atoms with Gasteiger partial charge in [-0.15, -0.1) is 11.3 Å². The molecular formula is C13H16N4OS. The Labute approximate surface area is 115 Å². The van der Waals surface area contributed by atoms with Crippen LogP contribution in [0.2, 0.25) is 0 Å².